The highest BCUT2D eigenvalue weighted by Gasteiger charge is 2.44. The first-order chi connectivity index (χ1) is 13.3. The van der Waals surface area contributed by atoms with Gasteiger partial charge in [-0.05, 0) is 97.7 Å². The Hall–Kier alpha value is 0. The van der Waals surface area contributed by atoms with Crippen molar-refractivity contribution >= 4 is 0 Å². The summed E-state index contributed by atoms with van der Waals surface area (Å²) in [6, 6.07) is 0. The molecule has 0 saturated heterocycles. The minimum Gasteiger partial charge on any atom is -0.0651 e. The van der Waals surface area contributed by atoms with E-state index in [0.29, 0.717) is 0 Å². The summed E-state index contributed by atoms with van der Waals surface area (Å²) in [6.45, 7) is 19.2. The predicted molar refractivity (Wildman–Crippen MR) is 126 cm³/mol. The number of rotatable bonds is 7. The fourth-order valence-corrected chi connectivity index (χ4v) is 7.39. The molecule has 0 nitrogen and oxygen atoms in total. The lowest BCUT2D eigenvalue weighted by Crippen LogP contribution is -2.42. The molecule has 3 saturated carbocycles. The second-order valence-electron chi connectivity index (χ2n) is 11.9. The Balaban J connectivity index is 0.000000209. The molecule has 0 amide bonds. The average Bonchev–Trinajstić information content (AvgIpc) is 3.05. The van der Waals surface area contributed by atoms with E-state index in [1.165, 1.54) is 44.9 Å². The molecule has 3 rings (SSSR count). The molecule has 3 aliphatic rings. The molecule has 8 atom stereocenters. The van der Waals surface area contributed by atoms with Crippen molar-refractivity contribution in [3.8, 4) is 0 Å². The molecule has 3 fully saturated rings. The zero-order valence-corrected chi connectivity index (χ0v) is 20.8. The van der Waals surface area contributed by atoms with Crippen LogP contribution in [0.3, 0.4) is 0 Å². The minimum absolute atomic E-state index is 0.889. The standard InChI is InChI=1S/C16H30.C12H24/c1-5-12(4)13-6-7-16-14(8-11(2)3)10-15(16)9-13;1-5-11(9(2)3)12-8-6-7-10(12)4/h11-16H,5-10H2,1-4H3;9-12H,5-8H2,1-4H3. The van der Waals surface area contributed by atoms with Gasteiger partial charge in [-0.1, -0.05) is 81.1 Å². The largest absolute Gasteiger partial charge is 0.0651 e. The van der Waals surface area contributed by atoms with E-state index in [1.54, 1.807) is 19.3 Å². The van der Waals surface area contributed by atoms with Gasteiger partial charge in [0.2, 0.25) is 0 Å². The third-order valence-corrected chi connectivity index (χ3v) is 9.32. The lowest BCUT2D eigenvalue weighted by Gasteiger charge is -2.51. The molecule has 0 heterocycles. The van der Waals surface area contributed by atoms with Crippen LogP contribution in [0.15, 0.2) is 0 Å². The topological polar surface area (TPSA) is 0 Å². The summed E-state index contributed by atoms with van der Waals surface area (Å²) < 4.78 is 0. The summed E-state index contributed by atoms with van der Waals surface area (Å²) in [5, 5.41) is 0. The maximum Gasteiger partial charge on any atom is -0.0357 e. The zero-order chi connectivity index (χ0) is 20.8. The van der Waals surface area contributed by atoms with Crippen LogP contribution in [0.1, 0.15) is 120 Å². The maximum absolute atomic E-state index is 2.47. The molecule has 0 aromatic carbocycles. The molecule has 0 aliphatic heterocycles. The first-order valence-corrected chi connectivity index (χ1v) is 13.3. The van der Waals surface area contributed by atoms with Crippen molar-refractivity contribution in [3.63, 3.8) is 0 Å². The number of hydrogen-bond acceptors (Lipinski definition) is 0. The monoisotopic (exact) mass is 390 g/mol. The van der Waals surface area contributed by atoms with Crippen molar-refractivity contribution in [1.82, 2.24) is 0 Å². The molecule has 0 spiro atoms. The van der Waals surface area contributed by atoms with Gasteiger partial charge < -0.3 is 0 Å². The first kappa shape index (κ1) is 24.3. The van der Waals surface area contributed by atoms with Gasteiger partial charge in [0.15, 0.2) is 0 Å². The van der Waals surface area contributed by atoms with Crippen LogP contribution in [0.2, 0.25) is 0 Å². The van der Waals surface area contributed by atoms with Crippen LogP contribution in [-0.2, 0) is 0 Å². The van der Waals surface area contributed by atoms with E-state index in [4.69, 9.17) is 0 Å². The third-order valence-electron chi connectivity index (χ3n) is 9.32. The molecule has 0 aromatic rings. The Bertz CT molecular complexity index is 422. The quantitative estimate of drug-likeness (QED) is 0.406. The van der Waals surface area contributed by atoms with E-state index in [9.17, 15) is 0 Å². The van der Waals surface area contributed by atoms with Gasteiger partial charge in [-0.15, -0.1) is 0 Å². The van der Waals surface area contributed by atoms with Crippen molar-refractivity contribution in [2.75, 3.05) is 0 Å². The summed E-state index contributed by atoms with van der Waals surface area (Å²) in [6.07, 6.45) is 14.9. The van der Waals surface area contributed by atoms with Crippen LogP contribution >= 0.6 is 0 Å². The SMILES string of the molecule is CCC(C(C)C)C1CCCC1C.CCC(C)C1CCC2C(CC(C)C)CC2C1. The van der Waals surface area contributed by atoms with Crippen molar-refractivity contribution < 1.29 is 0 Å². The van der Waals surface area contributed by atoms with Crippen molar-refractivity contribution in [2.45, 2.75) is 120 Å². The Morgan fingerprint density at radius 3 is 2.00 bits per heavy atom. The molecule has 0 radical (unpaired) electrons. The molecule has 0 N–H and O–H groups in total. The highest BCUT2D eigenvalue weighted by molar-refractivity contribution is 4.94. The second-order valence-corrected chi connectivity index (χ2v) is 11.9. The average molecular weight is 391 g/mol. The highest BCUT2D eigenvalue weighted by atomic mass is 14.5. The van der Waals surface area contributed by atoms with E-state index in [2.05, 4.69) is 55.4 Å². The normalized spacial score (nSPS) is 37.1. The van der Waals surface area contributed by atoms with E-state index < -0.39 is 0 Å². The minimum atomic E-state index is 0.889. The fraction of sp³-hybridized carbons (Fsp3) is 1.00. The Labute approximate surface area is 179 Å². The van der Waals surface area contributed by atoms with Crippen molar-refractivity contribution in [1.29, 1.82) is 0 Å². The summed E-state index contributed by atoms with van der Waals surface area (Å²) in [5.41, 5.74) is 0. The third kappa shape index (κ3) is 6.25. The number of hydrogen-bond donors (Lipinski definition) is 0. The lowest BCUT2D eigenvalue weighted by molar-refractivity contribution is -0.0154. The van der Waals surface area contributed by atoms with E-state index in [1.807, 2.05) is 0 Å². The summed E-state index contributed by atoms with van der Waals surface area (Å²) in [4.78, 5) is 0. The Morgan fingerprint density at radius 2 is 1.54 bits per heavy atom. The smallest absolute Gasteiger partial charge is 0.0357 e. The van der Waals surface area contributed by atoms with Crippen molar-refractivity contribution in [3.05, 3.63) is 0 Å². The van der Waals surface area contributed by atoms with Gasteiger partial charge in [0, 0.05) is 0 Å². The molecule has 166 valence electrons. The van der Waals surface area contributed by atoms with Crippen LogP contribution in [-0.4, -0.2) is 0 Å². The zero-order valence-electron chi connectivity index (χ0n) is 20.8. The van der Waals surface area contributed by atoms with Crippen molar-refractivity contribution in [2.24, 2.45) is 59.2 Å². The van der Waals surface area contributed by atoms with E-state index >= 15 is 0 Å². The summed E-state index contributed by atoms with van der Waals surface area (Å²) in [7, 11) is 0. The van der Waals surface area contributed by atoms with Gasteiger partial charge in [-0.3, -0.25) is 0 Å². The summed E-state index contributed by atoms with van der Waals surface area (Å²) >= 11 is 0. The Kier molecular flexibility index (Phi) is 9.89. The van der Waals surface area contributed by atoms with Gasteiger partial charge in [-0.25, -0.2) is 0 Å². The van der Waals surface area contributed by atoms with Gasteiger partial charge in [0.25, 0.3) is 0 Å². The molecule has 28 heavy (non-hydrogen) atoms. The molecule has 0 heteroatoms. The van der Waals surface area contributed by atoms with Gasteiger partial charge >= 0.3 is 0 Å². The van der Waals surface area contributed by atoms with Crippen LogP contribution in [0.4, 0.5) is 0 Å². The molecule has 0 bridgehead atoms. The van der Waals surface area contributed by atoms with Crippen LogP contribution < -0.4 is 0 Å². The number of fused-ring (bicyclic) bond motifs is 1. The fourth-order valence-electron chi connectivity index (χ4n) is 7.39. The van der Waals surface area contributed by atoms with Gasteiger partial charge in [0.1, 0.15) is 0 Å². The lowest BCUT2D eigenvalue weighted by atomic mass is 9.54. The van der Waals surface area contributed by atoms with Crippen LogP contribution in [0, 0.1) is 59.2 Å². The molecule has 3 aliphatic carbocycles. The van der Waals surface area contributed by atoms with Gasteiger partial charge in [0.05, 0.1) is 0 Å². The molecule has 8 unspecified atom stereocenters. The Morgan fingerprint density at radius 1 is 0.821 bits per heavy atom. The van der Waals surface area contributed by atoms with Crippen LogP contribution in [0.5, 0.6) is 0 Å². The summed E-state index contributed by atoms with van der Waals surface area (Å²) in [5.74, 6) is 10.2. The second kappa shape index (κ2) is 11.4. The van der Waals surface area contributed by atoms with Crippen LogP contribution in [0.25, 0.3) is 0 Å². The predicted octanol–water partition coefficient (Wildman–Crippen LogP) is 9.24. The van der Waals surface area contributed by atoms with E-state index in [-0.39, 0.29) is 0 Å². The molecular weight excluding hydrogens is 336 g/mol. The molecular formula is C28H54. The van der Waals surface area contributed by atoms with Gasteiger partial charge in [-0.2, -0.15) is 0 Å². The maximum atomic E-state index is 2.47. The molecule has 0 aromatic heterocycles. The highest BCUT2D eigenvalue weighted by Crippen LogP contribution is 2.54. The first-order valence-electron chi connectivity index (χ1n) is 13.3. The van der Waals surface area contributed by atoms with E-state index in [0.717, 1.165) is 59.2 Å².